The van der Waals surface area contributed by atoms with Crippen molar-refractivity contribution in [3.05, 3.63) is 77.0 Å². The molecule has 0 saturated heterocycles. The van der Waals surface area contributed by atoms with E-state index in [2.05, 4.69) is 34.7 Å². The van der Waals surface area contributed by atoms with Gasteiger partial charge in [0.2, 0.25) is 0 Å². The van der Waals surface area contributed by atoms with E-state index in [-0.39, 0.29) is 0 Å². The van der Waals surface area contributed by atoms with E-state index in [1.54, 1.807) is 7.11 Å². The molecule has 25 heavy (non-hydrogen) atoms. The van der Waals surface area contributed by atoms with Gasteiger partial charge in [-0.3, -0.25) is 0 Å². The molecule has 4 nitrogen and oxygen atoms in total. The third-order valence-electron chi connectivity index (χ3n) is 4.05. The van der Waals surface area contributed by atoms with E-state index in [1.807, 2.05) is 52.2 Å². The second kappa shape index (κ2) is 7.79. The fourth-order valence-corrected chi connectivity index (χ4v) is 2.60. The highest BCUT2D eigenvalue weighted by molar-refractivity contribution is 5.75. The van der Waals surface area contributed by atoms with Crippen molar-refractivity contribution in [3.63, 3.8) is 0 Å². The van der Waals surface area contributed by atoms with Gasteiger partial charge in [-0.2, -0.15) is 0 Å². The van der Waals surface area contributed by atoms with Crippen molar-refractivity contribution in [1.82, 2.24) is 4.98 Å². The average Bonchev–Trinajstić information content (AvgIpc) is 2.89. The summed E-state index contributed by atoms with van der Waals surface area (Å²) in [7, 11) is 5.65. The van der Waals surface area contributed by atoms with Gasteiger partial charge in [-0.05, 0) is 60.9 Å². The van der Waals surface area contributed by atoms with Crippen LogP contribution in [-0.4, -0.2) is 26.2 Å². The van der Waals surface area contributed by atoms with Gasteiger partial charge in [-0.1, -0.05) is 18.7 Å². The first-order chi connectivity index (χ1) is 11.8. The quantitative estimate of drug-likeness (QED) is 0.612. The Balaban J connectivity index is 2.26. The molecule has 1 aromatic carbocycles. The van der Waals surface area contributed by atoms with Crippen LogP contribution in [0.4, 0.5) is 5.69 Å². The van der Waals surface area contributed by atoms with Crippen LogP contribution in [0.5, 0.6) is 0 Å². The third-order valence-corrected chi connectivity index (χ3v) is 4.05. The van der Waals surface area contributed by atoms with Crippen molar-refractivity contribution in [2.45, 2.75) is 13.8 Å². The SMILES string of the molecule is C=C(/C=C(OC)\C(N)=C\c1[nH]c(C)cc1C)c1ccc(N(C)C)cc1. The van der Waals surface area contributed by atoms with E-state index >= 15 is 0 Å². The molecule has 0 unspecified atom stereocenters. The lowest BCUT2D eigenvalue weighted by Crippen LogP contribution is -2.08. The largest absolute Gasteiger partial charge is 0.495 e. The maximum Gasteiger partial charge on any atom is 0.142 e. The molecule has 132 valence electrons. The van der Waals surface area contributed by atoms with Crippen molar-refractivity contribution < 1.29 is 4.74 Å². The summed E-state index contributed by atoms with van der Waals surface area (Å²) in [5.74, 6) is 0.591. The number of nitrogens with one attached hydrogen (secondary N) is 1. The molecular weight excluding hydrogens is 310 g/mol. The molecule has 1 heterocycles. The summed E-state index contributed by atoms with van der Waals surface area (Å²) in [6, 6.07) is 10.3. The molecule has 4 heteroatoms. The lowest BCUT2D eigenvalue weighted by molar-refractivity contribution is 0.301. The van der Waals surface area contributed by atoms with E-state index in [0.29, 0.717) is 11.5 Å². The molecule has 2 rings (SSSR count). The predicted octanol–water partition coefficient (Wildman–Crippen LogP) is 4.24. The predicted molar refractivity (Wildman–Crippen MR) is 107 cm³/mol. The molecule has 0 aliphatic heterocycles. The molecule has 2 aromatic rings. The lowest BCUT2D eigenvalue weighted by Gasteiger charge is -2.13. The Morgan fingerprint density at radius 2 is 1.84 bits per heavy atom. The van der Waals surface area contributed by atoms with Crippen molar-refractivity contribution in [1.29, 1.82) is 0 Å². The first-order valence-corrected chi connectivity index (χ1v) is 8.18. The van der Waals surface area contributed by atoms with E-state index in [4.69, 9.17) is 10.5 Å². The molecule has 0 spiro atoms. The van der Waals surface area contributed by atoms with Gasteiger partial charge in [0, 0.05) is 31.2 Å². The summed E-state index contributed by atoms with van der Waals surface area (Å²) >= 11 is 0. The molecule has 0 radical (unpaired) electrons. The van der Waals surface area contributed by atoms with Gasteiger partial charge in [0.25, 0.3) is 0 Å². The Labute approximate surface area is 150 Å². The fourth-order valence-electron chi connectivity index (χ4n) is 2.60. The summed E-state index contributed by atoms with van der Waals surface area (Å²) in [5.41, 5.74) is 13.0. The van der Waals surface area contributed by atoms with Crippen LogP contribution >= 0.6 is 0 Å². The number of allylic oxidation sites excluding steroid dienone is 2. The highest BCUT2D eigenvalue weighted by atomic mass is 16.5. The average molecular weight is 337 g/mol. The minimum atomic E-state index is 0.554. The normalized spacial score (nSPS) is 12.2. The Hall–Kier alpha value is -2.88. The molecule has 0 saturated carbocycles. The van der Waals surface area contributed by atoms with Crippen LogP contribution < -0.4 is 10.6 Å². The summed E-state index contributed by atoms with van der Waals surface area (Å²) in [6.45, 7) is 8.20. The fraction of sp³-hybridized carbons (Fsp3) is 0.238. The number of hydrogen-bond donors (Lipinski definition) is 2. The molecule has 0 fully saturated rings. The number of methoxy groups -OCH3 is 1. The van der Waals surface area contributed by atoms with Crippen molar-refractivity contribution >= 4 is 17.3 Å². The van der Waals surface area contributed by atoms with Gasteiger partial charge in [-0.15, -0.1) is 0 Å². The molecule has 0 aliphatic rings. The lowest BCUT2D eigenvalue weighted by atomic mass is 10.1. The second-order valence-corrected chi connectivity index (χ2v) is 6.33. The minimum Gasteiger partial charge on any atom is -0.495 e. The molecule has 1 aromatic heterocycles. The number of ether oxygens (including phenoxy) is 1. The minimum absolute atomic E-state index is 0.554. The maximum atomic E-state index is 6.23. The van der Waals surface area contributed by atoms with E-state index in [9.17, 15) is 0 Å². The number of anilines is 1. The number of nitrogens with two attached hydrogens (primary N) is 1. The topological polar surface area (TPSA) is 54.3 Å². The van der Waals surface area contributed by atoms with Crippen LogP contribution in [0, 0.1) is 13.8 Å². The van der Waals surface area contributed by atoms with Crippen LogP contribution in [-0.2, 0) is 4.74 Å². The molecular formula is C21H27N3O. The van der Waals surface area contributed by atoms with Gasteiger partial charge in [0.05, 0.1) is 12.8 Å². The number of nitrogens with zero attached hydrogens (tertiary/aromatic N) is 1. The zero-order valence-corrected chi connectivity index (χ0v) is 15.7. The summed E-state index contributed by atoms with van der Waals surface area (Å²) < 4.78 is 5.47. The summed E-state index contributed by atoms with van der Waals surface area (Å²) in [6.07, 6.45) is 3.75. The van der Waals surface area contributed by atoms with Gasteiger partial charge >= 0.3 is 0 Å². The first-order valence-electron chi connectivity index (χ1n) is 8.18. The van der Waals surface area contributed by atoms with Crippen LogP contribution in [0.15, 0.2) is 54.4 Å². The van der Waals surface area contributed by atoms with Crippen molar-refractivity contribution in [2.24, 2.45) is 5.73 Å². The molecule has 0 bridgehead atoms. The van der Waals surface area contributed by atoms with Crippen LogP contribution in [0.3, 0.4) is 0 Å². The number of H-pyrrole nitrogens is 1. The van der Waals surface area contributed by atoms with E-state index in [0.717, 1.165) is 33.8 Å². The monoisotopic (exact) mass is 337 g/mol. The molecule has 3 N–H and O–H groups in total. The summed E-state index contributed by atoms with van der Waals surface area (Å²) in [4.78, 5) is 5.35. The molecule has 0 aliphatic carbocycles. The first kappa shape index (κ1) is 18.5. The number of aromatic amines is 1. The van der Waals surface area contributed by atoms with Gasteiger partial charge in [0.15, 0.2) is 0 Å². The number of hydrogen-bond acceptors (Lipinski definition) is 3. The van der Waals surface area contributed by atoms with Crippen LogP contribution in [0.2, 0.25) is 0 Å². The zero-order chi connectivity index (χ0) is 18.6. The van der Waals surface area contributed by atoms with Gasteiger partial charge in [0.1, 0.15) is 5.76 Å². The summed E-state index contributed by atoms with van der Waals surface area (Å²) in [5, 5.41) is 0. The van der Waals surface area contributed by atoms with Crippen LogP contribution in [0.1, 0.15) is 22.5 Å². The van der Waals surface area contributed by atoms with Crippen LogP contribution in [0.25, 0.3) is 11.6 Å². The van der Waals surface area contributed by atoms with E-state index in [1.165, 1.54) is 0 Å². The number of rotatable bonds is 6. The highest BCUT2D eigenvalue weighted by Crippen LogP contribution is 2.22. The number of aryl methyl sites for hydroxylation is 2. The second-order valence-electron chi connectivity index (χ2n) is 6.33. The van der Waals surface area contributed by atoms with Crippen molar-refractivity contribution in [3.8, 4) is 0 Å². The Morgan fingerprint density at radius 3 is 2.32 bits per heavy atom. The standard InChI is InChI=1S/C21H27N3O/c1-14(17-7-9-18(10-8-17)24(4)5)12-21(25-6)19(22)13-20-15(2)11-16(3)23-20/h7-13,23H,1,22H2,2-6H3/b19-13-,21-12+. The van der Waals surface area contributed by atoms with Gasteiger partial charge < -0.3 is 20.4 Å². The smallest absolute Gasteiger partial charge is 0.142 e. The zero-order valence-electron chi connectivity index (χ0n) is 15.7. The third kappa shape index (κ3) is 4.57. The van der Waals surface area contributed by atoms with E-state index < -0.39 is 0 Å². The maximum absolute atomic E-state index is 6.23. The highest BCUT2D eigenvalue weighted by Gasteiger charge is 2.07. The Bertz CT molecular complexity index is 808. The van der Waals surface area contributed by atoms with Gasteiger partial charge in [-0.25, -0.2) is 0 Å². The Morgan fingerprint density at radius 1 is 1.20 bits per heavy atom. The number of aromatic nitrogens is 1. The molecule has 0 atom stereocenters. The molecule has 0 amide bonds. The van der Waals surface area contributed by atoms with Crippen molar-refractivity contribution in [2.75, 3.05) is 26.1 Å². The Kier molecular flexibility index (Phi) is 5.75. The number of benzene rings is 1.